The Hall–Kier alpha value is -3.78. The zero-order valence-electron chi connectivity index (χ0n) is 24.3. The van der Waals surface area contributed by atoms with Crippen molar-refractivity contribution in [2.24, 2.45) is 0 Å². The second kappa shape index (κ2) is 11.4. The highest BCUT2D eigenvalue weighted by atomic mass is 16.6. The summed E-state index contributed by atoms with van der Waals surface area (Å²) in [7, 11) is 0. The van der Waals surface area contributed by atoms with E-state index in [0.29, 0.717) is 23.3 Å². The Labute approximate surface area is 235 Å². The van der Waals surface area contributed by atoms with Crippen LogP contribution in [0.15, 0.2) is 58.9 Å². The van der Waals surface area contributed by atoms with E-state index in [2.05, 4.69) is 38.2 Å². The lowest BCUT2D eigenvalue weighted by Gasteiger charge is -2.38. The predicted octanol–water partition coefficient (Wildman–Crippen LogP) is 6.24. The predicted molar refractivity (Wildman–Crippen MR) is 153 cm³/mol. The number of esters is 1. The number of nitro groups is 1. The number of nitro benzene ring substituents is 1. The highest BCUT2D eigenvalue weighted by molar-refractivity contribution is 6.04. The van der Waals surface area contributed by atoms with Crippen LogP contribution in [0.4, 0.5) is 5.69 Å². The van der Waals surface area contributed by atoms with Gasteiger partial charge in [0.1, 0.15) is 0 Å². The molecular formula is C32H38N2O6. The number of hydrogen-bond acceptors (Lipinski definition) is 7. The minimum Gasteiger partial charge on any atom is -0.463 e. The molecule has 0 spiro atoms. The van der Waals surface area contributed by atoms with Gasteiger partial charge in [-0.05, 0) is 83.1 Å². The van der Waals surface area contributed by atoms with E-state index in [4.69, 9.17) is 9.47 Å². The van der Waals surface area contributed by atoms with Crippen molar-refractivity contribution in [2.75, 3.05) is 13.2 Å². The summed E-state index contributed by atoms with van der Waals surface area (Å²) in [6.07, 6.45) is 0.840. The Kier molecular flexibility index (Phi) is 8.30. The molecule has 0 aromatic heterocycles. The Bertz CT molecular complexity index is 1410. The van der Waals surface area contributed by atoms with E-state index >= 15 is 0 Å². The molecule has 0 saturated heterocycles. The topological polar surface area (TPSA) is 108 Å². The van der Waals surface area contributed by atoms with E-state index < -0.39 is 22.4 Å². The van der Waals surface area contributed by atoms with Crippen molar-refractivity contribution >= 4 is 17.4 Å². The number of carbonyl (C=O) groups is 2. The summed E-state index contributed by atoms with van der Waals surface area (Å²) in [6.45, 7) is 13.9. The zero-order valence-corrected chi connectivity index (χ0v) is 24.3. The van der Waals surface area contributed by atoms with Crippen LogP contribution in [-0.2, 0) is 19.1 Å². The van der Waals surface area contributed by atoms with E-state index in [1.165, 1.54) is 17.7 Å². The first kappa shape index (κ1) is 29.2. The fourth-order valence-electron chi connectivity index (χ4n) is 6.00. The fourth-order valence-corrected chi connectivity index (χ4v) is 6.00. The van der Waals surface area contributed by atoms with Gasteiger partial charge in [0.15, 0.2) is 5.78 Å². The molecule has 0 saturated carbocycles. The smallest absolute Gasteiger partial charge is 0.336 e. The van der Waals surface area contributed by atoms with E-state index in [-0.39, 0.29) is 42.6 Å². The van der Waals surface area contributed by atoms with Crippen LogP contribution in [-0.4, -0.2) is 35.5 Å². The van der Waals surface area contributed by atoms with Gasteiger partial charge in [0.05, 0.1) is 35.0 Å². The lowest BCUT2D eigenvalue weighted by Crippen LogP contribution is -2.39. The van der Waals surface area contributed by atoms with E-state index in [0.717, 1.165) is 22.4 Å². The van der Waals surface area contributed by atoms with Crippen molar-refractivity contribution in [3.8, 4) is 0 Å². The molecule has 2 aromatic carbocycles. The van der Waals surface area contributed by atoms with E-state index in [1.54, 1.807) is 19.1 Å². The fraction of sp³-hybridized carbons (Fsp3) is 0.438. The third-order valence-corrected chi connectivity index (χ3v) is 7.42. The average molecular weight is 547 g/mol. The van der Waals surface area contributed by atoms with Crippen LogP contribution in [0.3, 0.4) is 0 Å². The van der Waals surface area contributed by atoms with E-state index in [1.807, 2.05) is 20.8 Å². The van der Waals surface area contributed by atoms with E-state index in [9.17, 15) is 19.7 Å². The van der Waals surface area contributed by atoms with Gasteiger partial charge in [0.25, 0.3) is 5.69 Å². The number of aryl methyl sites for hydroxylation is 3. The van der Waals surface area contributed by atoms with Crippen molar-refractivity contribution in [3.63, 3.8) is 0 Å². The normalized spacial score (nSPS) is 19.3. The average Bonchev–Trinajstić information content (AvgIpc) is 2.85. The number of nitrogens with zero attached hydrogens (tertiary/aromatic N) is 1. The molecule has 40 heavy (non-hydrogen) atoms. The lowest BCUT2D eigenvalue weighted by molar-refractivity contribution is -0.384. The number of dihydropyridines is 1. The van der Waals surface area contributed by atoms with Crippen LogP contribution in [0.25, 0.3) is 0 Å². The van der Waals surface area contributed by atoms with Gasteiger partial charge in [0, 0.05) is 35.7 Å². The summed E-state index contributed by atoms with van der Waals surface area (Å²) in [6, 6.07) is 10.4. The van der Waals surface area contributed by atoms with Crippen LogP contribution < -0.4 is 5.32 Å². The number of benzene rings is 2. The molecule has 0 bridgehead atoms. The number of hydrogen-bond donors (Lipinski definition) is 1. The number of carbonyl (C=O) groups excluding carboxylic acids is 2. The summed E-state index contributed by atoms with van der Waals surface area (Å²) in [5, 5.41) is 15.1. The Balaban J connectivity index is 1.90. The zero-order chi connectivity index (χ0) is 29.4. The van der Waals surface area contributed by atoms with Crippen LogP contribution in [0.2, 0.25) is 0 Å². The summed E-state index contributed by atoms with van der Waals surface area (Å²) in [5.74, 6) is -1.53. The summed E-state index contributed by atoms with van der Waals surface area (Å²) < 4.78 is 11.6. The van der Waals surface area contributed by atoms with Crippen molar-refractivity contribution < 1.29 is 24.0 Å². The first-order valence-electron chi connectivity index (χ1n) is 13.7. The minimum absolute atomic E-state index is 0.0426. The molecule has 2 aromatic rings. The van der Waals surface area contributed by atoms with Gasteiger partial charge >= 0.3 is 5.97 Å². The highest BCUT2D eigenvalue weighted by Gasteiger charge is 2.43. The molecule has 0 amide bonds. The van der Waals surface area contributed by atoms with Gasteiger partial charge in [-0.25, -0.2) is 4.79 Å². The second-order valence-electron chi connectivity index (χ2n) is 11.7. The second-order valence-corrected chi connectivity index (χ2v) is 11.7. The Morgan fingerprint density at radius 1 is 1.10 bits per heavy atom. The van der Waals surface area contributed by atoms with Crippen LogP contribution in [0, 0.1) is 30.9 Å². The van der Waals surface area contributed by atoms with Gasteiger partial charge in [-0.15, -0.1) is 0 Å². The molecule has 0 fully saturated rings. The van der Waals surface area contributed by atoms with Crippen LogP contribution in [0.5, 0.6) is 0 Å². The molecule has 1 N–H and O–H groups in total. The third kappa shape index (κ3) is 6.02. The maximum absolute atomic E-state index is 14.0. The maximum atomic E-state index is 14.0. The number of allylic oxidation sites excluding steroid dienone is 2. The molecule has 1 heterocycles. The van der Waals surface area contributed by atoms with Crippen molar-refractivity contribution in [1.29, 1.82) is 0 Å². The molecule has 4 rings (SSSR count). The minimum atomic E-state index is -0.817. The molecule has 2 atom stereocenters. The molecule has 1 aliphatic carbocycles. The lowest BCUT2D eigenvalue weighted by atomic mass is 9.70. The van der Waals surface area contributed by atoms with Crippen LogP contribution >= 0.6 is 0 Å². The van der Waals surface area contributed by atoms with Gasteiger partial charge < -0.3 is 14.8 Å². The molecule has 1 aliphatic heterocycles. The molecule has 2 unspecified atom stereocenters. The Morgan fingerprint density at radius 2 is 1.77 bits per heavy atom. The third-order valence-electron chi connectivity index (χ3n) is 7.42. The Morgan fingerprint density at radius 3 is 2.38 bits per heavy atom. The maximum Gasteiger partial charge on any atom is 0.336 e. The van der Waals surface area contributed by atoms with Crippen LogP contribution in [0.1, 0.15) is 80.2 Å². The van der Waals surface area contributed by atoms with Gasteiger partial charge in [-0.3, -0.25) is 14.9 Å². The number of ether oxygens (including phenoxy) is 2. The number of ketones is 1. The molecule has 2 aliphatic rings. The van der Waals surface area contributed by atoms with Crippen molar-refractivity contribution in [2.45, 2.75) is 78.7 Å². The molecule has 8 nitrogen and oxygen atoms in total. The largest absolute Gasteiger partial charge is 0.463 e. The van der Waals surface area contributed by atoms with Gasteiger partial charge in [0.2, 0.25) is 0 Å². The summed E-state index contributed by atoms with van der Waals surface area (Å²) in [4.78, 5) is 38.7. The SMILES string of the molecule is CCOC(=O)C1=C(COC(C)(C)C)NC2=C(C(=O)CC(c3c(C)cc(C)cc3C)C2)C1c1cccc([N+](=O)[O-])c1. The van der Waals surface area contributed by atoms with Crippen molar-refractivity contribution in [1.82, 2.24) is 5.32 Å². The quantitative estimate of drug-likeness (QED) is 0.249. The molecule has 212 valence electrons. The first-order chi connectivity index (χ1) is 18.8. The number of rotatable bonds is 7. The van der Waals surface area contributed by atoms with Crippen molar-refractivity contribution in [3.05, 3.63) is 96.9 Å². The molecule has 0 radical (unpaired) electrons. The summed E-state index contributed by atoms with van der Waals surface area (Å²) >= 11 is 0. The highest BCUT2D eigenvalue weighted by Crippen LogP contribution is 2.47. The standard InChI is InChI=1S/C32H38N2O6/c1-8-39-31(36)30-25(17-40-32(5,6)7)33-24-15-22(27-19(3)12-18(2)13-20(27)4)16-26(35)29(24)28(30)21-10-9-11-23(14-21)34(37)38/h9-14,22,28,33H,8,15-17H2,1-7H3. The molecule has 8 heteroatoms. The van der Waals surface area contributed by atoms with Gasteiger partial charge in [-0.1, -0.05) is 29.8 Å². The molecular weight excluding hydrogens is 508 g/mol. The number of nitrogens with one attached hydrogen (secondary N) is 1. The monoisotopic (exact) mass is 546 g/mol. The number of Topliss-reactive ketones (excluding diaryl/α,β-unsaturated/α-hetero) is 1. The summed E-state index contributed by atoms with van der Waals surface area (Å²) in [5.41, 5.74) is 6.45. The number of non-ortho nitro benzene ring substituents is 1. The first-order valence-corrected chi connectivity index (χ1v) is 13.7. The van der Waals surface area contributed by atoms with Gasteiger partial charge in [-0.2, -0.15) is 0 Å².